The summed E-state index contributed by atoms with van der Waals surface area (Å²) < 4.78 is 6.54. The second-order valence-electron chi connectivity index (χ2n) is 7.10. The van der Waals surface area contributed by atoms with Gasteiger partial charge in [0, 0.05) is 20.1 Å². The minimum absolute atomic E-state index is 0.274. The fraction of sp³-hybridized carbons (Fsp3) is 0.318. The van der Waals surface area contributed by atoms with Crippen LogP contribution in [0.4, 0.5) is 5.69 Å². The van der Waals surface area contributed by atoms with Gasteiger partial charge in [0.1, 0.15) is 6.54 Å². The molecule has 6 nitrogen and oxygen atoms in total. The maximum Gasteiger partial charge on any atom is 0.326 e. The Morgan fingerprint density at radius 2 is 1.87 bits per heavy atom. The number of carbonyl (C=O) groups is 3. The smallest absolute Gasteiger partial charge is 0.326 e. The monoisotopic (exact) mass is 537 g/mol. The van der Waals surface area contributed by atoms with Gasteiger partial charge in [-0.1, -0.05) is 57.3 Å². The van der Waals surface area contributed by atoms with E-state index in [9.17, 15) is 19.5 Å². The molecular weight excluding hydrogens is 518 g/mol. The first-order valence-corrected chi connectivity index (χ1v) is 11.1. The highest BCUT2D eigenvalue weighted by Crippen LogP contribution is 2.44. The Kier molecular flexibility index (Phi) is 7.10. The fourth-order valence-corrected chi connectivity index (χ4v) is 4.11. The number of aliphatic hydroxyl groups is 1. The molecule has 2 aromatic rings. The van der Waals surface area contributed by atoms with E-state index in [0.717, 1.165) is 17.3 Å². The number of fused-ring (bicyclic) bond motifs is 1. The van der Waals surface area contributed by atoms with Crippen LogP contribution >= 0.6 is 31.9 Å². The summed E-state index contributed by atoms with van der Waals surface area (Å²) in [7, 11) is 0. The molecule has 30 heavy (non-hydrogen) atoms. The molecule has 3 rings (SSSR count). The zero-order valence-corrected chi connectivity index (χ0v) is 19.5. The molecule has 0 bridgehead atoms. The number of ketones is 1. The molecule has 0 spiro atoms. The number of rotatable bonds is 8. The minimum atomic E-state index is -2.07. The number of benzene rings is 2. The zero-order chi connectivity index (χ0) is 21.9. The molecule has 0 saturated heterocycles. The summed E-state index contributed by atoms with van der Waals surface area (Å²) >= 11 is 6.67. The summed E-state index contributed by atoms with van der Waals surface area (Å²) in [5.74, 6) is -1.66. The summed E-state index contributed by atoms with van der Waals surface area (Å²) in [4.78, 5) is 39.4. The van der Waals surface area contributed by atoms with Crippen molar-refractivity contribution in [2.24, 2.45) is 0 Å². The van der Waals surface area contributed by atoms with Crippen molar-refractivity contribution in [3.8, 4) is 0 Å². The van der Waals surface area contributed by atoms with Crippen LogP contribution in [0.3, 0.4) is 0 Å². The van der Waals surface area contributed by atoms with Crippen molar-refractivity contribution in [2.45, 2.75) is 31.8 Å². The van der Waals surface area contributed by atoms with Crippen LogP contribution in [0.1, 0.15) is 42.1 Å². The Hall–Kier alpha value is -2.03. The molecule has 1 amide bonds. The maximum atomic E-state index is 13.2. The average Bonchev–Trinajstić information content (AvgIpc) is 2.89. The molecule has 0 saturated carbocycles. The van der Waals surface area contributed by atoms with Crippen molar-refractivity contribution in [3.63, 3.8) is 0 Å². The second-order valence-corrected chi connectivity index (χ2v) is 8.93. The lowest BCUT2D eigenvalue weighted by molar-refractivity contribution is -0.144. The number of halogens is 2. The van der Waals surface area contributed by atoms with Crippen LogP contribution in [0.5, 0.6) is 0 Å². The van der Waals surface area contributed by atoms with E-state index in [2.05, 4.69) is 31.9 Å². The minimum Gasteiger partial charge on any atom is -0.464 e. The van der Waals surface area contributed by atoms with E-state index in [1.54, 1.807) is 42.5 Å². The molecule has 1 heterocycles. The lowest BCUT2D eigenvalue weighted by Crippen LogP contribution is -2.44. The van der Waals surface area contributed by atoms with Crippen LogP contribution in [0.2, 0.25) is 0 Å². The summed E-state index contributed by atoms with van der Waals surface area (Å²) in [6, 6.07) is 11.7. The first-order valence-electron chi connectivity index (χ1n) is 9.55. The topological polar surface area (TPSA) is 83.9 Å². The van der Waals surface area contributed by atoms with Crippen molar-refractivity contribution in [1.82, 2.24) is 0 Å². The van der Waals surface area contributed by atoms with Crippen LogP contribution in [0.15, 0.2) is 51.4 Å². The van der Waals surface area contributed by atoms with E-state index in [0.29, 0.717) is 15.7 Å². The second kappa shape index (κ2) is 9.41. The Balaban J connectivity index is 1.89. The molecule has 1 aliphatic rings. The van der Waals surface area contributed by atoms with Crippen molar-refractivity contribution >= 4 is 55.2 Å². The van der Waals surface area contributed by atoms with E-state index in [1.165, 1.54) is 4.90 Å². The fourth-order valence-electron chi connectivity index (χ4n) is 3.35. The van der Waals surface area contributed by atoms with E-state index in [4.69, 9.17) is 4.74 Å². The molecule has 1 atom stereocenters. The van der Waals surface area contributed by atoms with Crippen molar-refractivity contribution in [2.75, 3.05) is 18.1 Å². The average molecular weight is 539 g/mol. The molecule has 1 aliphatic heterocycles. The molecule has 0 aromatic heterocycles. The van der Waals surface area contributed by atoms with Gasteiger partial charge in [-0.3, -0.25) is 19.3 Å². The Bertz CT molecular complexity index is 993. The van der Waals surface area contributed by atoms with Crippen LogP contribution in [-0.4, -0.2) is 35.9 Å². The molecular formula is C22H21Br2NO5. The number of esters is 1. The Morgan fingerprint density at radius 3 is 2.57 bits per heavy atom. The van der Waals surface area contributed by atoms with Crippen LogP contribution in [0.25, 0.3) is 0 Å². The number of amides is 1. The van der Waals surface area contributed by atoms with Gasteiger partial charge in [-0.05, 0) is 36.8 Å². The van der Waals surface area contributed by atoms with Gasteiger partial charge >= 0.3 is 5.97 Å². The number of carbonyl (C=O) groups excluding carboxylic acids is 3. The number of unbranched alkanes of at least 4 members (excludes halogenated alkanes) is 1. The Morgan fingerprint density at radius 1 is 1.13 bits per heavy atom. The highest BCUT2D eigenvalue weighted by molar-refractivity contribution is 9.10. The summed E-state index contributed by atoms with van der Waals surface area (Å²) in [6.07, 6.45) is 1.17. The highest BCUT2D eigenvalue weighted by Gasteiger charge is 2.51. The van der Waals surface area contributed by atoms with Crippen LogP contribution in [-0.2, 0) is 19.9 Å². The van der Waals surface area contributed by atoms with Gasteiger partial charge in [0.05, 0.1) is 18.7 Å². The molecule has 158 valence electrons. The normalized spacial score (nSPS) is 17.7. The van der Waals surface area contributed by atoms with Gasteiger partial charge in [-0.15, -0.1) is 0 Å². The van der Waals surface area contributed by atoms with Gasteiger partial charge in [0.15, 0.2) is 11.4 Å². The molecule has 0 fully saturated rings. The third kappa shape index (κ3) is 4.66. The Labute approximate surface area is 191 Å². The van der Waals surface area contributed by atoms with Crippen molar-refractivity contribution < 1.29 is 24.2 Å². The summed E-state index contributed by atoms with van der Waals surface area (Å²) in [6.45, 7) is 1.93. The number of ether oxygens (including phenoxy) is 1. The van der Waals surface area contributed by atoms with Gasteiger partial charge < -0.3 is 9.84 Å². The van der Waals surface area contributed by atoms with Gasteiger partial charge in [-0.2, -0.15) is 0 Å². The van der Waals surface area contributed by atoms with Crippen LogP contribution < -0.4 is 4.90 Å². The third-order valence-corrected chi connectivity index (χ3v) is 5.89. The van der Waals surface area contributed by atoms with Crippen molar-refractivity contribution in [3.05, 3.63) is 62.5 Å². The van der Waals surface area contributed by atoms with E-state index >= 15 is 0 Å². The quantitative estimate of drug-likeness (QED) is 0.306. The van der Waals surface area contributed by atoms with Gasteiger partial charge in [-0.25, -0.2) is 0 Å². The SMILES string of the molecule is CCCCOC(=O)CN1C(=O)C(O)(CC(=O)c2cccc(Br)c2)c2cc(Br)ccc21. The number of Topliss-reactive ketones (excluding diaryl/α,β-unsaturated/α-hetero) is 1. The molecule has 1 unspecified atom stereocenters. The third-order valence-electron chi connectivity index (χ3n) is 4.91. The van der Waals surface area contributed by atoms with E-state index in [-0.39, 0.29) is 24.5 Å². The maximum absolute atomic E-state index is 13.2. The lowest BCUT2D eigenvalue weighted by Gasteiger charge is -2.22. The summed E-state index contributed by atoms with van der Waals surface area (Å²) in [5, 5.41) is 11.3. The molecule has 0 radical (unpaired) electrons. The van der Waals surface area contributed by atoms with E-state index < -0.39 is 23.9 Å². The number of nitrogens with zero attached hydrogens (tertiary/aromatic N) is 1. The number of anilines is 1. The first kappa shape index (κ1) is 22.7. The first-order chi connectivity index (χ1) is 14.3. The van der Waals surface area contributed by atoms with Gasteiger partial charge in [0.2, 0.25) is 0 Å². The standard InChI is InChI=1S/C22H21Br2NO5/c1-2-3-9-30-20(27)13-25-18-8-7-16(24)11-17(18)22(29,21(25)28)12-19(26)14-5-4-6-15(23)10-14/h4-8,10-11,29H,2-3,9,12-13H2,1H3. The number of hydrogen-bond donors (Lipinski definition) is 1. The largest absolute Gasteiger partial charge is 0.464 e. The molecule has 8 heteroatoms. The number of hydrogen-bond acceptors (Lipinski definition) is 5. The van der Waals surface area contributed by atoms with Crippen molar-refractivity contribution in [1.29, 1.82) is 0 Å². The summed E-state index contributed by atoms with van der Waals surface area (Å²) in [5.41, 5.74) is -1.02. The predicted molar refractivity (Wildman–Crippen MR) is 119 cm³/mol. The van der Waals surface area contributed by atoms with Crippen LogP contribution in [0, 0.1) is 0 Å². The highest BCUT2D eigenvalue weighted by atomic mass is 79.9. The van der Waals surface area contributed by atoms with E-state index in [1.807, 2.05) is 6.92 Å². The zero-order valence-electron chi connectivity index (χ0n) is 16.4. The predicted octanol–water partition coefficient (Wildman–Crippen LogP) is 4.36. The molecule has 0 aliphatic carbocycles. The lowest BCUT2D eigenvalue weighted by atomic mass is 9.88. The van der Waals surface area contributed by atoms with Gasteiger partial charge in [0.25, 0.3) is 5.91 Å². The molecule has 2 aromatic carbocycles. The molecule has 1 N–H and O–H groups in total.